The Balaban J connectivity index is 2.59. The van der Waals surface area contributed by atoms with E-state index in [9.17, 15) is 15.3 Å². The minimum atomic E-state index is -1.29. The van der Waals surface area contributed by atoms with Crippen LogP contribution in [0.15, 0.2) is 4.99 Å². The molecule has 6 nitrogen and oxygen atoms in total. The number of thiocarbonyl (C=S) groups is 1. The fraction of sp³-hybridized carbons (Fsp3) is 0.889. The molecule has 92 valence electrons. The smallest absolute Gasteiger partial charge is 0.186 e. The summed E-state index contributed by atoms with van der Waals surface area (Å²) in [5.41, 5.74) is 0. The summed E-state index contributed by atoms with van der Waals surface area (Å²) in [5.74, 6) is 0. The van der Waals surface area contributed by atoms with Crippen molar-refractivity contribution in [3.05, 3.63) is 0 Å². The molecule has 1 aliphatic rings. The quantitative estimate of drug-likeness (QED) is 0.434. The summed E-state index contributed by atoms with van der Waals surface area (Å²) >= 11 is 4.40. The second-order valence-electron chi connectivity index (χ2n) is 3.51. The number of hydrogen-bond acceptors (Lipinski definition) is 7. The van der Waals surface area contributed by atoms with Crippen LogP contribution in [-0.2, 0) is 9.47 Å². The number of rotatable bonds is 4. The zero-order valence-electron chi connectivity index (χ0n) is 8.81. The molecular formula is C9H15NO5S. The first kappa shape index (κ1) is 13.7. The van der Waals surface area contributed by atoms with Crippen LogP contribution in [0.4, 0.5) is 0 Å². The Morgan fingerprint density at radius 3 is 2.56 bits per heavy atom. The van der Waals surface area contributed by atoms with Crippen LogP contribution in [0, 0.1) is 0 Å². The summed E-state index contributed by atoms with van der Waals surface area (Å²) in [7, 11) is 1.35. The summed E-state index contributed by atoms with van der Waals surface area (Å²) < 4.78 is 10.1. The molecule has 1 heterocycles. The molecule has 0 saturated carbocycles. The molecule has 0 spiro atoms. The van der Waals surface area contributed by atoms with Crippen LogP contribution in [0.25, 0.3) is 0 Å². The van der Waals surface area contributed by atoms with E-state index in [0.29, 0.717) is 13.0 Å². The number of ether oxygens (including phenoxy) is 2. The van der Waals surface area contributed by atoms with Gasteiger partial charge in [0.25, 0.3) is 0 Å². The maximum Gasteiger partial charge on any atom is 0.186 e. The number of aliphatic hydroxyl groups is 3. The number of methoxy groups -OCH3 is 1. The van der Waals surface area contributed by atoms with Crippen LogP contribution in [0.3, 0.4) is 0 Å². The van der Waals surface area contributed by atoms with E-state index < -0.39 is 30.7 Å². The molecule has 5 atom stereocenters. The molecule has 3 N–H and O–H groups in total. The highest BCUT2D eigenvalue weighted by Gasteiger charge is 2.43. The fourth-order valence-electron chi connectivity index (χ4n) is 1.59. The second-order valence-corrected chi connectivity index (χ2v) is 3.69. The summed E-state index contributed by atoms with van der Waals surface area (Å²) in [6.45, 7) is 0.338. The summed E-state index contributed by atoms with van der Waals surface area (Å²) in [4.78, 5) is 3.68. The zero-order chi connectivity index (χ0) is 12.1. The van der Waals surface area contributed by atoms with E-state index in [4.69, 9.17) is 9.47 Å². The number of aliphatic hydroxyl groups excluding tert-OH is 3. The van der Waals surface area contributed by atoms with Gasteiger partial charge in [-0.05, 0) is 18.6 Å². The Bertz CT molecular complexity index is 269. The minimum absolute atomic E-state index is 0.338. The third-order valence-electron chi connectivity index (χ3n) is 2.49. The molecule has 0 aliphatic carbocycles. The molecule has 0 aromatic heterocycles. The Hall–Kier alpha value is -0.400. The second kappa shape index (κ2) is 6.36. The molecular weight excluding hydrogens is 234 g/mol. The standard InChI is InChI=1S/C9H15NO5S/c1-14-9-8(13)7(12)6(11)5(15-9)2-3-10-4-16/h5-9,11-13H,2-3H2,1H3/t5-,6-,7+,8-,9+/m1/s1. The van der Waals surface area contributed by atoms with Gasteiger partial charge in [0.2, 0.25) is 0 Å². The van der Waals surface area contributed by atoms with Gasteiger partial charge >= 0.3 is 0 Å². The molecule has 1 saturated heterocycles. The Kier molecular flexibility index (Phi) is 5.43. The van der Waals surface area contributed by atoms with Crippen LogP contribution in [0.1, 0.15) is 6.42 Å². The van der Waals surface area contributed by atoms with E-state index in [-0.39, 0.29) is 0 Å². The van der Waals surface area contributed by atoms with Crippen LogP contribution in [-0.4, -0.2) is 64.8 Å². The number of nitrogens with zero attached hydrogens (tertiary/aromatic N) is 1. The van der Waals surface area contributed by atoms with E-state index in [1.807, 2.05) is 0 Å². The van der Waals surface area contributed by atoms with Crippen molar-refractivity contribution in [3.8, 4) is 0 Å². The van der Waals surface area contributed by atoms with Crippen LogP contribution < -0.4 is 0 Å². The van der Waals surface area contributed by atoms with Gasteiger partial charge in [-0.3, -0.25) is 0 Å². The van der Waals surface area contributed by atoms with E-state index in [2.05, 4.69) is 22.4 Å². The highest BCUT2D eigenvalue weighted by Crippen LogP contribution is 2.23. The number of isothiocyanates is 1. The number of hydrogen-bond donors (Lipinski definition) is 3. The molecule has 0 radical (unpaired) electrons. The fourth-order valence-corrected chi connectivity index (χ4v) is 1.68. The van der Waals surface area contributed by atoms with Gasteiger partial charge in [-0.2, -0.15) is 0 Å². The van der Waals surface area contributed by atoms with Gasteiger partial charge in [0.05, 0.1) is 17.8 Å². The van der Waals surface area contributed by atoms with Gasteiger partial charge in [-0.1, -0.05) is 0 Å². The van der Waals surface area contributed by atoms with Crippen molar-refractivity contribution in [2.75, 3.05) is 13.7 Å². The highest BCUT2D eigenvalue weighted by atomic mass is 32.1. The van der Waals surface area contributed by atoms with Crippen LogP contribution >= 0.6 is 12.2 Å². The lowest BCUT2D eigenvalue weighted by Crippen LogP contribution is -2.58. The molecule has 0 amide bonds. The van der Waals surface area contributed by atoms with Crippen molar-refractivity contribution in [2.24, 2.45) is 4.99 Å². The van der Waals surface area contributed by atoms with E-state index >= 15 is 0 Å². The van der Waals surface area contributed by atoms with Gasteiger partial charge in [0, 0.05) is 7.11 Å². The van der Waals surface area contributed by atoms with Gasteiger partial charge in [-0.25, -0.2) is 4.99 Å². The predicted molar refractivity (Wildman–Crippen MR) is 58.2 cm³/mol. The lowest BCUT2D eigenvalue weighted by atomic mass is 9.97. The summed E-state index contributed by atoms with van der Waals surface area (Å²) in [6.07, 6.45) is -4.93. The average molecular weight is 249 g/mol. The first-order valence-corrected chi connectivity index (χ1v) is 5.28. The minimum Gasteiger partial charge on any atom is -0.388 e. The monoisotopic (exact) mass is 249 g/mol. The third-order valence-corrected chi connectivity index (χ3v) is 2.62. The lowest BCUT2D eigenvalue weighted by Gasteiger charge is -2.39. The van der Waals surface area contributed by atoms with Gasteiger partial charge < -0.3 is 24.8 Å². The molecule has 1 fully saturated rings. The van der Waals surface area contributed by atoms with Crippen LogP contribution in [0.2, 0.25) is 0 Å². The summed E-state index contributed by atoms with van der Waals surface area (Å²) in [5, 5.41) is 30.9. The van der Waals surface area contributed by atoms with Gasteiger partial charge in [0.1, 0.15) is 18.3 Å². The first-order chi connectivity index (χ1) is 7.61. The van der Waals surface area contributed by atoms with Crippen molar-refractivity contribution < 1.29 is 24.8 Å². The van der Waals surface area contributed by atoms with Crippen molar-refractivity contribution in [3.63, 3.8) is 0 Å². The predicted octanol–water partition coefficient (Wildman–Crippen LogP) is -1.07. The molecule has 0 aromatic carbocycles. The van der Waals surface area contributed by atoms with Gasteiger partial charge in [0.15, 0.2) is 6.29 Å². The Morgan fingerprint density at radius 2 is 2.00 bits per heavy atom. The van der Waals surface area contributed by atoms with Crippen molar-refractivity contribution in [1.29, 1.82) is 0 Å². The van der Waals surface area contributed by atoms with Crippen molar-refractivity contribution in [2.45, 2.75) is 37.1 Å². The summed E-state index contributed by atoms with van der Waals surface area (Å²) in [6, 6.07) is 0. The maximum absolute atomic E-state index is 9.64. The van der Waals surface area contributed by atoms with E-state index in [0.717, 1.165) is 0 Å². The molecule has 1 rings (SSSR count). The van der Waals surface area contributed by atoms with E-state index in [1.54, 1.807) is 0 Å². The molecule has 0 bridgehead atoms. The molecule has 16 heavy (non-hydrogen) atoms. The van der Waals surface area contributed by atoms with Crippen molar-refractivity contribution >= 4 is 17.4 Å². The van der Waals surface area contributed by atoms with Gasteiger partial charge in [-0.15, -0.1) is 0 Å². The largest absolute Gasteiger partial charge is 0.388 e. The number of aliphatic imine (C=N–C) groups is 1. The third kappa shape index (κ3) is 3.05. The average Bonchev–Trinajstić information content (AvgIpc) is 2.29. The molecule has 0 unspecified atom stereocenters. The zero-order valence-corrected chi connectivity index (χ0v) is 9.63. The normalized spacial score (nSPS) is 39.1. The van der Waals surface area contributed by atoms with Crippen molar-refractivity contribution in [1.82, 2.24) is 0 Å². The first-order valence-electron chi connectivity index (χ1n) is 4.88. The Labute approximate surface area is 98.5 Å². The molecule has 7 heteroatoms. The van der Waals surface area contributed by atoms with Crippen LogP contribution in [0.5, 0.6) is 0 Å². The molecule has 1 aliphatic heterocycles. The van der Waals surface area contributed by atoms with E-state index in [1.165, 1.54) is 7.11 Å². The SMILES string of the molecule is CO[C@H]1O[C@H](CCN=C=S)[C@@H](O)[C@H](O)[C@H]1O. The Morgan fingerprint density at radius 1 is 1.31 bits per heavy atom. The highest BCUT2D eigenvalue weighted by molar-refractivity contribution is 7.78. The molecule has 0 aromatic rings. The maximum atomic E-state index is 9.64. The lowest BCUT2D eigenvalue weighted by molar-refractivity contribution is -0.290. The topological polar surface area (TPSA) is 91.5 Å².